The van der Waals surface area contributed by atoms with Gasteiger partial charge in [0.05, 0.1) is 30.9 Å². The molecule has 1 aromatic heterocycles. The molecule has 2 aromatic rings. The summed E-state index contributed by atoms with van der Waals surface area (Å²) in [5.74, 6) is 0.767. The number of hydrogen-bond donors (Lipinski definition) is 1. The van der Waals surface area contributed by atoms with Crippen molar-refractivity contribution in [2.24, 2.45) is 0 Å². The van der Waals surface area contributed by atoms with Crippen molar-refractivity contribution in [2.75, 3.05) is 38.7 Å². The third-order valence-corrected chi connectivity index (χ3v) is 4.94. The number of fused-ring (bicyclic) bond motifs is 1. The van der Waals surface area contributed by atoms with Gasteiger partial charge in [-0.05, 0) is 31.0 Å². The zero-order chi connectivity index (χ0) is 17.2. The number of rotatable bonds is 3. The van der Waals surface area contributed by atoms with E-state index < -0.39 is 0 Å². The smallest absolute Gasteiger partial charge is 0.254 e. The van der Waals surface area contributed by atoms with Gasteiger partial charge in [-0.3, -0.25) is 4.79 Å². The van der Waals surface area contributed by atoms with Gasteiger partial charge in [0.25, 0.3) is 5.91 Å². The molecule has 2 unspecified atom stereocenters. The molecular formula is C18H22N4O3. The highest BCUT2D eigenvalue weighted by atomic mass is 16.5. The van der Waals surface area contributed by atoms with Crippen LogP contribution in [-0.2, 0) is 9.47 Å². The van der Waals surface area contributed by atoms with Crippen molar-refractivity contribution >= 4 is 22.6 Å². The predicted molar refractivity (Wildman–Crippen MR) is 93.7 cm³/mol. The van der Waals surface area contributed by atoms with Crippen LogP contribution in [0.25, 0.3) is 10.9 Å². The first-order chi connectivity index (χ1) is 12.3. The molecule has 4 rings (SSSR count). The first-order valence-corrected chi connectivity index (χ1v) is 8.71. The number of morpholine rings is 1. The van der Waals surface area contributed by atoms with Crippen LogP contribution in [0, 0.1) is 0 Å². The fourth-order valence-corrected chi connectivity index (χ4v) is 3.64. The monoisotopic (exact) mass is 342 g/mol. The van der Waals surface area contributed by atoms with Crippen LogP contribution in [0.4, 0.5) is 5.82 Å². The molecule has 0 radical (unpaired) electrons. The Bertz CT molecular complexity index is 776. The Kier molecular flexibility index (Phi) is 4.50. The summed E-state index contributed by atoms with van der Waals surface area (Å²) in [4.78, 5) is 23.5. The number of carbonyl (C=O) groups excluding carboxylic acids is 1. The molecule has 0 bridgehead atoms. The number of benzene rings is 1. The lowest BCUT2D eigenvalue weighted by Crippen LogP contribution is -2.54. The number of amides is 1. The minimum absolute atomic E-state index is 0.00956. The Labute approximate surface area is 146 Å². The average molecular weight is 342 g/mol. The molecule has 2 atom stereocenters. The molecule has 2 saturated heterocycles. The molecule has 2 fully saturated rings. The summed E-state index contributed by atoms with van der Waals surface area (Å²) in [7, 11) is 1.82. The van der Waals surface area contributed by atoms with Gasteiger partial charge in [0.15, 0.2) is 0 Å². The molecule has 0 saturated carbocycles. The zero-order valence-electron chi connectivity index (χ0n) is 14.3. The standard InChI is InChI=1S/C18H22N4O3/c1-19-17-13-5-4-12(9-14(13)20-11-21-17)18(23)22-6-8-24-10-15(22)16-3-2-7-25-16/h4-5,9,11,15-16H,2-3,6-8,10H2,1H3,(H,19,20,21). The number of ether oxygens (including phenoxy) is 2. The van der Waals surface area contributed by atoms with Gasteiger partial charge >= 0.3 is 0 Å². The SMILES string of the molecule is CNc1ncnc2cc(C(=O)N3CCOCC3C3CCCO3)ccc12. The van der Waals surface area contributed by atoms with Crippen LogP contribution in [0.3, 0.4) is 0 Å². The molecule has 3 heterocycles. The molecule has 1 aromatic carbocycles. The van der Waals surface area contributed by atoms with Crippen molar-refractivity contribution < 1.29 is 14.3 Å². The van der Waals surface area contributed by atoms with Crippen LogP contribution in [0.2, 0.25) is 0 Å². The van der Waals surface area contributed by atoms with E-state index in [9.17, 15) is 4.79 Å². The van der Waals surface area contributed by atoms with Crippen molar-refractivity contribution in [3.8, 4) is 0 Å². The topological polar surface area (TPSA) is 76.6 Å². The number of carbonyl (C=O) groups is 1. The van der Waals surface area contributed by atoms with Gasteiger partial charge in [-0.2, -0.15) is 0 Å². The van der Waals surface area contributed by atoms with E-state index in [2.05, 4.69) is 15.3 Å². The van der Waals surface area contributed by atoms with E-state index in [1.165, 1.54) is 6.33 Å². The second-order valence-electron chi connectivity index (χ2n) is 6.40. The highest BCUT2D eigenvalue weighted by molar-refractivity contribution is 5.99. The molecule has 7 heteroatoms. The van der Waals surface area contributed by atoms with Crippen molar-refractivity contribution in [1.29, 1.82) is 0 Å². The van der Waals surface area contributed by atoms with E-state index in [1.54, 1.807) is 0 Å². The van der Waals surface area contributed by atoms with Gasteiger partial charge in [0, 0.05) is 31.1 Å². The lowest BCUT2D eigenvalue weighted by molar-refractivity contribution is -0.0530. The quantitative estimate of drug-likeness (QED) is 0.915. The molecule has 1 amide bonds. The normalized spacial score (nSPS) is 23.8. The fraction of sp³-hybridized carbons (Fsp3) is 0.500. The van der Waals surface area contributed by atoms with Crippen molar-refractivity contribution in [2.45, 2.75) is 25.0 Å². The van der Waals surface area contributed by atoms with Crippen molar-refractivity contribution in [1.82, 2.24) is 14.9 Å². The lowest BCUT2D eigenvalue weighted by atomic mass is 10.0. The van der Waals surface area contributed by atoms with Crippen LogP contribution >= 0.6 is 0 Å². The van der Waals surface area contributed by atoms with Crippen molar-refractivity contribution in [3.05, 3.63) is 30.1 Å². The minimum atomic E-state index is -0.0160. The summed E-state index contributed by atoms with van der Waals surface area (Å²) in [6.07, 6.45) is 3.60. The van der Waals surface area contributed by atoms with E-state index in [0.717, 1.165) is 36.2 Å². The van der Waals surface area contributed by atoms with Gasteiger partial charge in [-0.1, -0.05) is 0 Å². The lowest BCUT2D eigenvalue weighted by Gasteiger charge is -2.38. The summed E-state index contributed by atoms with van der Waals surface area (Å²) in [5, 5.41) is 3.95. The molecule has 25 heavy (non-hydrogen) atoms. The van der Waals surface area contributed by atoms with Gasteiger partial charge < -0.3 is 19.7 Å². The zero-order valence-corrected chi connectivity index (χ0v) is 14.3. The maximum atomic E-state index is 13.1. The van der Waals surface area contributed by atoms with Crippen LogP contribution in [0.15, 0.2) is 24.5 Å². The molecule has 132 valence electrons. The van der Waals surface area contributed by atoms with Crippen LogP contribution in [0.5, 0.6) is 0 Å². The van der Waals surface area contributed by atoms with Gasteiger partial charge in [-0.25, -0.2) is 9.97 Å². The van der Waals surface area contributed by atoms with Crippen LogP contribution < -0.4 is 5.32 Å². The highest BCUT2D eigenvalue weighted by Crippen LogP contribution is 2.25. The molecule has 2 aliphatic rings. The van der Waals surface area contributed by atoms with E-state index in [0.29, 0.717) is 25.3 Å². The van der Waals surface area contributed by atoms with Crippen LogP contribution in [0.1, 0.15) is 23.2 Å². The van der Waals surface area contributed by atoms with Crippen molar-refractivity contribution in [3.63, 3.8) is 0 Å². The Morgan fingerprint density at radius 1 is 1.32 bits per heavy atom. The summed E-state index contributed by atoms with van der Waals surface area (Å²) in [6, 6.07) is 5.56. The van der Waals surface area contributed by atoms with Gasteiger partial charge in [0.2, 0.25) is 0 Å². The Hall–Kier alpha value is -2.25. The molecule has 0 aliphatic carbocycles. The van der Waals surface area contributed by atoms with E-state index >= 15 is 0 Å². The largest absolute Gasteiger partial charge is 0.377 e. The number of nitrogens with one attached hydrogen (secondary N) is 1. The summed E-state index contributed by atoms with van der Waals surface area (Å²) < 4.78 is 11.4. The average Bonchev–Trinajstić information content (AvgIpc) is 3.21. The first-order valence-electron chi connectivity index (χ1n) is 8.71. The molecule has 2 aliphatic heterocycles. The van der Waals surface area contributed by atoms with Crippen LogP contribution in [-0.4, -0.2) is 66.3 Å². The van der Waals surface area contributed by atoms with E-state index in [-0.39, 0.29) is 18.1 Å². The Morgan fingerprint density at radius 2 is 2.24 bits per heavy atom. The maximum Gasteiger partial charge on any atom is 0.254 e. The predicted octanol–water partition coefficient (Wildman–Crippen LogP) is 1.69. The minimum Gasteiger partial charge on any atom is -0.377 e. The summed E-state index contributed by atoms with van der Waals surface area (Å²) in [6.45, 7) is 2.46. The first kappa shape index (κ1) is 16.2. The fourth-order valence-electron chi connectivity index (χ4n) is 3.64. The van der Waals surface area contributed by atoms with Gasteiger partial charge in [-0.15, -0.1) is 0 Å². The van der Waals surface area contributed by atoms with E-state index in [1.807, 2.05) is 30.1 Å². The Morgan fingerprint density at radius 3 is 3.04 bits per heavy atom. The second-order valence-corrected chi connectivity index (χ2v) is 6.40. The highest BCUT2D eigenvalue weighted by Gasteiger charge is 2.36. The maximum absolute atomic E-state index is 13.1. The number of aromatic nitrogens is 2. The summed E-state index contributed by atoms with van der Waals surface area (Å²) in [5.41, 5.74) is 1.39. The number of anilines is 1. The third-order valence-electron chi connectivity index (χ3n) is 4.94. The number of nitrogens with zero attached hydrogens (tertiary/aromatic N) is 3. The summed E-state index contributed by atoms with van der Waals surface area (Å²) >= 11 is 0. The molecule has 0 spiro atoms. The Balaban J connectivity index is 1.63. The number of hydrogen-bond acceptors (Lipinski definition) is 6. The molecular weight excluding hydrogens is 320 g/mol. The second kappa shape index (κ2) is 6.93. The van der Waals surface area contributed by atoms with E-state index in [4.69, 9.17) is 9.47 Å². The van der Waals surface area contributed by atoms with Gasteiger partial charge in [0.1, 0.15) is 12.1 Å². The third kappa shape index (κ3) is 3.05. The molecule has 7 nitrogen and oxygen atoms in total. The molecule has 1 N–H and O–H groups in total.